The molecule has 0 bridgehead atoms. The molecule has 0 atom stereocenters. The van der Waals surface area contributed by atoms with Gasteiger partial charge in [-0.1, -0.05) is 116 Å². The van der Waals surface area contributed by atoms with Crippen molar-refractivity contribution in [1.29, 1.82) is 0 Å². The van der Waals surface area contributed by atoms with Crippen LogP contribution in [0.1, 0.15) is 193 Å². The molecule has 6 aliphatic rings. The van der Waals surface area contributed by atoms with Crippen LogP contribution in [0.3, 0.4) is 0 Å². The molecule has 8 heteroatoms. The molecule has 0 radical (unpaired) electrons. The molecule has 0 saturated heterocycles. The first-order chi connectivity index (χ1) is 22.8. The highest BCUT2D eigenvalue weighted by atomic mass is 31.3. The van der Waals surface area contributed by atoms with Crippen molar-refractivity contribution in [2.75, 3.05) is 17.7 Å². The summed E-state index contributed by atoms with van der Waals surface area (Å²) in [6, 6.07) is 0. The highest BCUT2D eigenvalue weighted by Gasteiger charge is 2.54. The Labute approximate surface area is 290 Å². The molecule has 0 aliphatic heterocycles. The van der Waals surface area contributed by atoms with E-state index in [4.69, 9.17) is 0 Å². The molecule has 0 amide bonds. The molecule has 0 unspecified atom stereocenters. The van der Waals surface area contributed by atoms with Crippen LogP contribution in [0.25, 0.3) is 0 Å². The molecular weight excluding hydrogens is 656 g/mol. The van der Waals surface area contributed by atoms with Gasteiger partial charge in [0.1, 0.15) is 28.6 Å². The van der Waals surface area contributed by atoms with Gasteiger partial charge in [0.2, 0.25) is 0 Å². The van der Waals surface area contributed by atoms with Gasteiger partial charge in [0.25, 0.3) is 0 Å². The Hall–Kier alpha value is 0.920. The van der Waals surface area contributed by atoms with E-state index in [1.165, 1.54) is 38.5 Å². The lowest BCUT2D eigenvalue weighted by atomic mass is 9.99. The Morgan fingerprint density at radius 3 is 0.553 bits per heavy atom. The second-order valence-electron chi connectivity index (χ2n) is 17.8. The highest BCUT2D eigenvalue weighted by Crippen LogP contribution is 2.81. The van der Waals surface area contributed by atoms with Crippen molar-refractivity contribution in [3.05, 3.63) is 0 Å². The number of hydrogen-bond acceptors (Lipinski definition) is 4. The Balaban J connectivity index is 1.43. The third kappa shape index (κ3) is 8.94. The van der Waals surface area contributed by atoms with E-state index in [9.17, 15) is 0 Å². The molecule has 272 valence electrons. The normalized spacial score (nSPS) is 27.2. The van der Waals surface area contributed by atoms with Crippen LogP contribution < -0.4 is 0 Å². The fourth-order valence-corrected chi connectivity index (χ4v) is 40.0. The van der Waals surface area contributed by atoms with Crippen LogP contribution >= 0.6 is 28.6 Å². The molecule has 0 aromatic rings. The summed E-state index contributed by atoms with van der Waals surface area (Å²) < 4.78 is 64.8. The van der Waals surface area contributed by atoms with Crippen molar-refractivity contribution >= 4 is 28.6 Å². The van der Waals surface area contributed by atoms with Crippen molar-refractivity contribution in [3.8, 4) is 0 Å². The number of rotatable bonds is 12. The van der Waals surface area contributed by atoms with Crippen LogP contribution in [0, 0.1) is 0 Å². The summed E-state index contributed by atoms with van der Waals surface area (Å²) in [5, 5.41) is 0. The van der Waals surface area contributed by atoms with Crippen LogP contribution in [0.2, 0.25) is 0 Å². The molecule has 0 heterocycles. The van der Waals surface area contributed by atoms with Gasteiger partial charge in [0.15, 0.2) is 0 Å². The van der Waals surface area contributed by atoms with Gasteiger partial charge in [-0.25, -0.2) is 0 Å². The second kappa shape index (κ2) is 17.2. The molecule has 0 aromatic carbocycles. The molecule has 0 N–H and O–H groups in total. The first-order valence-corrected chi connectivity index (χ1v) is 29.4. The Bertz CT molecular complexity index is 955. The van der Waals surface area contributed by atoms with Crippen molar-refractivity contribution in [1.82, 2.24) is 0 Å². The standard InChI is InChI=1S/C39H72O4P4/c40-44(31-45(41,34-19-7-1-8-20-34)35-21-9-2-10-22-35,32-46(42,36-23-11-3-12-24-36)37-25-13-4-14-26-37)33-47(43,38-27-15-5-16-28-38)39-29-17-6-18-30-39/h34-39H,1-33H2. The maximum atomic E-state index is 16.6. The van der Waals surface area contributed by atoms with Crippen molar-refractivity contribution in [3.63, 3.8) is 0 Å². The van der Waals surface area contributed by atoms with Crippen molar-refractivity contribution in [2.45, 2.75) is 227 Å². The van der Waals surface area contributed by atoms with E-state index < -0.39 is 28.6 Å². The fraction of sp³-hybridized carbons (Fsp3) is 1.00. The predicted molar refractivity (Wildman–Crippen MR) is 206 cm³/mol. The van der Waals surface area contributed by atoms with Crippen LogP contribution in [-0.4, -0.2) is 51.7 Å². The van der Waals surface area contributed by atoms with Crippen LogP contribution in [0.15, 0.2) is 0 Å². The van der Waals surface area contributed by atoms with Crippen LogP contribution in [0.4, 0.5) is 0 Å². The summed E-state index contributed by atoms with van der Waals surface area (Å²) in [6.45, 7) is 0. The lowest BCUT2D eigenvalue weighted by Gasteiger charge is -2.45. The molecule has 6 saturated carbocycles. The van der Waals surface area contributed by atoms with E-state index in [0.717, 1.165) is 154 Å². The quantitative estimate of drug-likeness (QED) is 0.188. The zero-order valence-electron chi connectivity index (χ0n) is 30.2. The Morgan fingerprint density at radius 1 is 0.255 bits per heavy atom. The first-order valence-electron chi connectivity index (χ1n) is 21.1. The minimum Gasteiger partial charge on any atom is -0.323 e. The van der Waals surface area contributed by atoms with Gasteiger partial charge in [0, 0.05) is 34.0 Å². The lowest BCUT2D eigenvalue weighted by Crippen LogP contribution is -2.30. The number of hydrogen-bond donors (Lipinski definition) is 0. The maximum Gasteiger partial charge on any atom is 0.109 e. The SMILES string of the molecule is O=P(CP(=O)(C1CCCCC1)C1CCCCC1)(CP(=O)(C1CCCCC1)C1CCCCC1)CP(=O)(C1CCCCC1)C1CCCCC1. The minimum absolute atomic E-state index is 0.195. The zero-order chi connectivity index (χ0) is 32.8. The van der Waals surface area contributed by atoms with Crippen LogP contribution in [-0.2, 0) is 18.3 Å². The summed E-state index contributed by atoms with van der Waals surface area (Å²) in [6.07, 6.45) is 33.5. The average Bonchev–Trinajstić information content (AvgIpc) is 3.13. The molecule has 0 spiro atoms. The largest absolute Gasteiger partial charge is 0.323 e. The summed E-state index contributed by atoms with van der Waals surface area (Å²) in [5.41, 5.74) is 1.17. The summed E-state index contributed by atoms with van der Waals surface area (Å²) in [7, 11) is -11.8. The van der Waals surface area contributed by atoms with Gasteiger partial charge >= 0.3 is 0 Å². The van der Waals surface area contributed by atoms with Gasteiger partial charge in [-0.15, -0.1) is 0 Å². The average molecular weight is 729 g/mol. The predicted octanol–water partition coefficient (Wildman–Crippen LogP) is 14.3. The Kier molecular flexibility index (Phi) is 13.8. The smallest absolute Gasteiger partial charge is 0.109 e. The van der Waals surface area contributed by atoms with Crippen molar-refractivity contribution in [2.24, 2.45) is 0 Å². The molecule has 4 nitrogen and oxygen atoms in total. The van der Waals surface area contributed by atoms with E-state index in [1.54, 1.807) is 0 Å². The van der Waals surface area contributed by atoms with Gasteiger partial charge in [0.05, 0.1) is 17.7 Å². The van der Waals surface area contributed by atoms with Crippen molar-refractivity contribution < 1.29 is 18.3 Å². The summed E-state index contributed by atoms with van der Waals surface area (Å²) >= 11 is 0. The molecule has 0 aromatic heterocycles. The highest BCUT2D eigenvalue weighted by molar-refractivity contribution is 7.93. The second-order valence-corrected chi connectivity index (χ2v) is 32.8. The molecular formula is C39H72O4P4. The van der Waals surface area contributed by atoms with Gasteiger partial charge in [-0.05, 0) is 77.0 Å². The first kappa shape index (κ1) is 37.7. The van der Waals surface area contributed by atoms with E-state index >= 15 is 18.3 Å². The summed E-state index contributed by atoms with van der Waals surface area (Å²) in [5.74, 6) is 1.01. The molecule has 6 fully saturated rings. The van der Waals surface area contributed by atoms with Crippen LogP contribution in [0.5, 0.6) is 0 Å². The third-order valence-electron chi connectivity index (χ3n) is 14.6. The van der Waals surface area contributed by atoms with E-state index in [0.29, 0.717) is 17.7 Å². The van der Waals surface area contributed by atoms with Gasteiger partial charge < -0.3 is 18.3 Å². The molecule has 47 heavy (non-hydrogen) atoms. The van der Waals surface area contributed by atoms with Gasteiger partial charge in [-0.3, -0.25) is 0 Å². The summed E-state index contributed by atoms with van der Waals surface area (Å²) in [4.78, 5) is 0. The Morgan fingerprint density at radius 2 is 0.404 bits per heavy atom. The van der Waals surface area contributed by atoms with E-state index in [1.807, 2.05) is 0 Å². The van der Waals surface area contributed by atoms with E-state index in [2.05, 4.69) is 0 Å². The minimum atomic E-state index is -3.27. The zero-order valence-corrected chi connectivity index (χ0v) is 33.8. The monoisotopic (exact) mass is 728 g/mol. The third-order valence-corrected chi connectivity index (χ3v) is 36.6. The fourth-order valence-electron chi connectivity index (χ4n) is 12.0. The van der Waals surface area contributed by atoms with Gasteiger partial charge in [-0.2, -0.15) is 0 Å². The molecule has 6 rings (SSSR count). The van der Waals surface area contributed by atoms with E-state index in [-0.39, 0.29) is 34.0 Å². The molecule has 6 aliphatic carbocycles. The maximum absolute atomic E-state index is 16.6. The lowest BCUT2D eigenvalue weighted by molar-refractivity contribution is 0.446. The topological polar surface area (TPSA) is 68.3 Å².